The Kier molecular flexibility index (Phi) is 6.25. The highest BCUT2D eigenvalue weighted by atomic mass is 16.6. The number of ether oxygens (including phenoxy) is 2. The van der Waals surface area contributed by atoms with Gasteiger partial charge in [-0.15, -0.1) is 0 Å². The molecule has 5 rings (SSSR count). The molecular weight excluding hydrogens is 480 g/mol. The van der Waals surface area contributed by atoms with Gasteiger partial charge in [0.05, 0.1) is 29.4 Å². The van der Waals surface area contributed by atoms with Gasteiger partial charge in [-0.2, -0.15) is 0 Å². The molecule has 3 aromatic rings. The Morgan fingerprint density at radius 2 is 1.68 bits per heavy atom. The van der Waals surface area contributed by atoms with E-state index in [0.29, 0.717) is 5.56 Å². The van der Waals surface area contributed by atoms with Crippen LogP contribution in [0.3, 0.4) is 0 Å². The van der Waals surface area contributed by atoms with E-state index >= 15 is 0 Å². The molecule has 3 aromatic carbocycles. The second-order valence-corrected chi connectivity index (χ2v) is 9.46. The average Bonchev–Trinajstić information content (AvgIpc) is 2.87. The summed E-state index contributed by atoms with van der Waals surface area (Å²) in [6, 6.07) is 15.4. The summed E-state index contributed by atoms with van der Waals surface area (Å²) in [7, 11) is 0. The van der Waals surface area contributed by atoms with Gasteiger partial charge < -0.3 is 35.0 Å². The number of aliphatic hydroxyl groups is 3. The van der Waals surface area contributed by atoms with E-state index in [1.54, 1.807) is 43.3 Å². The molecule has 0 unspecified atom stereocenters. The zero-order valence-electron chi connectivity index (χ0n) is 19.9. The van der Waals surface area contributed by atoms with Crippen LogP contribution in [0.1, 0.15) is 49.4 Å². The summed E-state index contributed by atoms with van der Waals surface area (Å²) in [6.07, 6.45) is -5.72. The van der Waals surface area contributed by atoms with E-state index in [-0.39, 0.29) is 52.3 Å². The van der Waals surface area contributed by atoms with Gasteiger partial charge in [0.15, 0.2) is 6.10 Å². The molecule has 0 spiro atoms. The van der Waals surface area contributed by atoms with Gasteiger partial charge in [-0.25, -0.2) is 4.79 Å². The Morgan fingerprint density at radius 1 is 0.973 bits per heavy atom. The van der Waals surface area contributed by atoms with E-state index in [2.05, 4.69) is 0 Å². The minimum absolute atomic E-state index is 0.0814. The predicted octanol–water partition coefficient (Wildman–Crippen LogP) is 1.92. The number of hydrogen-bond donors (Lipinski definition) is 5. The number of hydrogen-bond acceptors (Lipinski definition) is 9. The lowest BCUT2D eigenvalue weighted by atomic mass is 9.70. The third-order valence-corrected chi connectivity index (χ3v) is 7.00. The van der Waals surface area contributed by atoms with Gasteiger partial charge in [-0.05, 0) is 36.8 Å². The summed E-state index contributed by atoms with van der Waals surface area (Å²) in [6.45, 7) is 1.43. The Morgan fingerprint density at radius 3 is 2.41 bits per heavy atom. The molecule has 5 N–H and O–H groups in total. The van der Waals surface area contributed by atoms with Crippen molar-refractivity contribution in [2.45, 2.75) is 43.4 Å². The van der Waals surface area contributed by atoms with Crippen LogP contribution in [0.5, 0.6) is 11.5 Å². The molecule has 192 valence electrons. The standard InChI is InChI=1S/C28H26O9/c1-14-10-17-23(19(30)11-14)26(33)22-16(8-5-9-18(22)29)28(17,35)12-20-24(31)25(32)21(13-36-20)37-27(34)15-6-3-2-4-7-15/h2-11,20-21,24-25,29-32,35H,12-13H2,1H3/t20-,21-,24-,25-,28+/m1/s1. The number of ketones is 1. The Balaban J connectivity index is 1.46. The first-order valence-electron chi connectivity index (χ1n) is 11.8. The second kappa shape index (κ2) is 9.28. The minimum atomic E-state index is -1.97. The van der Waals surface area contributed by atoms with Crippen molar-refractivity contribution in [3.63, 3.8) is 0 Å². The van der Waals surface area contributed by atoms with Crippen LogP contribution >= 0.6 is 0 Å². The highest BCUT2D eigenvalue weighted by Gasteiger charge is 2.50. The van der Waals surface area contributed by atoms with Crippen LogP contribution < -0.4 is 0 Å². The third-order valence-electron chi connectivity index (χ3n) is 7.00. The maximum absolute atomic E-state index is 13.2. The highest BCUT2D eigenvalue weighted by Crippen LogP contribution is 2.48. The van der Waals surface area contributed by atoms with Gasteiger partial charge >= 0.3 is 5.97 Å². The number of fused-ring (bicyclic) bond motifs is 2. The largest absolute Gasteiger partial charge is 0.507 e. The molecule has 9 heteroatoms. The number of rotatable bonds is 4. The normalized spacial score (nSPS) is 26.8. The molecule has 9 nitrogen and oxygen atoms in total. The van der Waals surface area contributed by atoms with E-state index in [1.165, 1.54) is 24.3 Å². The van der Waals surface area contributed by atoms with Crippen molar-refractivity contribution in [2.24, 2.45) is 0 Å². The minimum Gasteiger partial charge on any atom is -0.507 e. The number of carbonyl (C=O) groups is 2. The fraction of sp³-hybridized carbons (Fsp3) is 0.286. The van der Waals surface area contributed by atoms with Gasteiger partial charge in [0, 0.05) is 17.5 Å². The maximum atomic E-state index is 13.2. The molecular formula is C28H26O9. The van der Waals surface area contributed by atoms with E-state index in [1.807, 2.05) is 0 Å². The summed E-state index contributed by atoms with van der Waals surface area (Å²) in [5.74, 6) is -2.06. The topological polar surface area (TPSA) is 154 Å². The number of esters is 1. The lowest BCUT2D eigenvalue weighted by molar-refractivity contribution is -0.198. The van der Waals surface area contributed by atoms with E-state index in [9.17, 15) is 35.1 Å². The molecule has 37 heavy (non-hydrogen) atoms. The van der Waals surface area contributed by atoms with Crippen molar-refractivity contribution in [1.29, 1.82) is 0 Å². The van der Waals surface area contributed by atoms with Crippen molar-refractivity contribution in [3.8, 4) is 11.5 Å². The fourth-order valence-electron chi connectivity index (χ4n) is 5.16. The van der Waals surface area contributed by atoms with Gasteiger partial charge in [0.1, 0.15) is 29.3 Å². The first-order valence-corrected chi connectivity index (χ1v) is 11.8. The van der Waals surface area contributed by atoms with Crippen molar-refractivity contribution in [3.05, 3.63) is 94.0 Å². The molecule has 0 amide bonds. The van der Waals surface area contributed by atoms with Gasteiger partial charge in [0.2, 0.25) is 5.78 Å². The SMILES string of the molecule is Cc1cc(O)c2c(c1)[C@](O)(C[C@H]1OC[C@@H](OC(=O)c3ccccc3)[C@@H](O)[C@@H]1O)c1cccc(O)c1C2=O. The Bertz CT molecular complexity index is 1370. The molecule has 0 bridgehead atoms. The number of phenols is 2. The number of benzene rings is 3. The summed E-state index contributed by atoms with van der Waals surface area (Å²) >= 11 is 0. The number of carbonyl (C=O) groups excluding carboxylic acids is 2. The number of aromatic hydroxyl groups is 2. The van der Waals surface area contributed by atoms with Crippen molar-refractivity contribution in [2.75, 3.05) is 6.61 Å². The van der Waals surface area contributed by atoms with E-state index in [0.717, 1.165) is 0 Å². The summed E-state index contributed by atoms with van der Waals surface area (Å²) in [5.41, 5.74) is -1.28. The van der Waals surface area contributed by atoms with Crippen molar-refractivity contribution in [1.82, 2.24) is 0 Å². The maximum Gasteiger partial charge on any atom is 0.338 e. The molecule has 0 radical (unpaired) electrons. The fourth-order valence-corrected chi connectivity index (χ4v) is 5.16. The second-order valence-electron chi connectivity index (χ2n) is 9.46. The van der Waals surface area contributed by atoms with Gasteiger partial charge in [0.25, 0.3) is 0 Å². The van der Waals surface area contributed by atoms with Crippen molar-refractivity contribution < 1.29 is 44.6 Å². The predicted molar refractivity (Wildman–Crippen MR) is 129 cm³/mol. The van der Waals surface area contributed by atoms with Crippen LogP contribution in [-0.4, -0.2) is 68.3 Å². The smallest absolute Gasteiger partial charge is 0.338 e. The zero-order valence-corrected chi connectivity index (χ0v) is 19.9. The van der Waals surface area contributed by atoms with Gasteiger partial charge in [-0.1, -0.05) is 36.4 Å². The lowest BCUT2D eigenvalue weighted by Crippen LogP contribution is -2.56. The Labute approximate surface area is 212 Å². The third kappa shape index (κ3) is 4.15. The molecule has 1 fully saturated rings. The first-order chi connectivity index (χ1) is 17.6. The molecule has 2 aliphatic rings. The van der Waals surface area contributed by atoms with Crippen LogP contribution in [-0.2, 0) is 15.1 Å². The number of aliphatic hydroxyl groups excluding tert-OH is 2. The van der Waals surface area contributed by atoms with Gasteiger partial charge in [-0.3, -0.25) is 4.79 Å². The molecule has 0 aromatic heterocycles. The number of phenolic OH excluding ortho intramolecular Hbond substituents is 2. The molecule has 1 saturated heterocycles. The van der Waals surface area contributed by atoms with Crippen LogP contribution in [0.15, 0.2) is 60.7 Å². The lowest BCUT2D eigenvalue weighted by Gasteiger charge is -2.43. The Hall–Kier alpha value is -3.76. The van der Waals surface area contributed by atoms with E-state index < -0.39 is 41.8 Å². The zero-order chi connectivity index (χ0) is 26.5. The molecule has 1 heterocycles. The van der Waals surface area contributed by atoms with Crippen molar-refractivity contribution >= 4 is 11.8 Å². The average molecular weight is 507 g/mol. The molecule has 0 saturated carbocycles. The summed E-state index contributed by atoms with van der Waals surface area (Å²) in [5, 5.41) is 54.8. The monoisotopic (exact) mass is 506 g/mol. The van der Waals surface area contributed by atoms with Crippen LogP contribution in [0.4, 0.5) is 0 Å². The van der Waals surface area contributed by atoms with E-state index in [4.69, 9.17) is 9.47 Å². The molecule has 5 atom stereocenters. The first kappa shape index (κ1) is 24.9. The van der Waals surface area contributed by atoms with Crippen LogP contribution in [0, 0.1) is 6.92 Å². The van der Waals surface area contributed by atoms with Crippen LogP contribution in [0.25, 0.3) is 0 Å². The molecule has 1 aliphatic heterocycles. The quantitative estimate of drug-likeness (QED) is 0.334. The summed E-state index contributed by atoms with van der Waals surface area (Å²) < 4.78 is 11.1. The number of aryl methyl sites for hydroxylation is 1. The highest BCUT2D eigenvalue weighted by molar-refractivity contribution is 6.16. The van der Waals surface area contributed by atoms with Crippen LogP contribution in [0.2, 0.25) is 0 Å². The molecule has 1 aliphatic carbocycles. The summed E-state index contributed by atoms with van der Waals surface area (Å²) in [4.78, 5) is 25.6.